The zero-order valence-electron chi connectivity index (χ0n) is 9.12. The van der Waals surface area contributed by atoms with Crippen molar-refractivity contribution in [2.75, 3.05) is 6.54 Å². The molecule has 0 aliphatic carbocycles. The van der Waals surface area contributed by atoms with Crippen molar-refractivity contribution < 1.29 is 9.90 Å². The highest BCUT2D eigenvalue weighted by Crippen LogP contribution is 2.24. The molecule has 0 radical (unpaired) electrons. The van der Waals surface area contributed by atoms with Gasteiger partial charge in [-0.2, -0.15) is 0 Å². The van der Waals surface area contributed by atoms with E-state index in [2.05, 4.69) is 19.2 Å². The first kappa shape index (κ1) is 11.5. The van der Waals surface area contributed by atoms with E-state index in [9.17, 15) is 4.79 Å². The summed E-state index contributed by atoms with van der Waals surface area (Å²) in [7, 11) is 0. The molecule has 14 heavy (non-hydrogen) atoms. The fraction of sp³-hybridized carbons (Fsp3) is 0.909. The van der Waals surface area contributed by atoms with Gasteiger partial charge in [-0.25, -0.2) is 0 Å². The van der Waals surface area contributed by atoms with E-state index in [-0.39, 0.29) is 0 Å². The average Bonchev–Trinajstić information content (AvgIpc) is 2.28. The van der Waals surface area contributed by atoms with Crippen LogP contribution in [-0.2, 0) is 4.79 Å². The van der Waals surface area contributed by atoms with Crippen molar-refractivity contribution in [2.45, 2.75) is 45.6 Å². The second-order valence-electron chi connectivity index (χ2n) is 4.58. The van der Waals surface area contributed by atoms with Crippen molar-refractivity contribution in [1.29, 1.82) is 0 Å². The van der Waals surface area contributed by atoms with Crippen molar-refractivity contribution in [3.63, 3.8) is 0 Å². The van der Waals surface area contributed by atoms with E-state index in [1.165, 1.54) is 6.42 Å². The lowest BCUT2D eigenvalue weighted by Crippen LogP contribution is -2.40. The van der Waals surface area contributed by atoms with Gasteiger partial charge >= 0.3 is 5.97 Å². The molecule has 0 spiro atoms. The highest BCUT2D eigenvalue weighted by molar-refractivity contribution is 5.67. The number of nitrogens with one attached hydrogen (secondary N) is 1. The number of carbonyl (C=O) groups is 1. The molecule has 0 aromatic heterocycles. The molecule has 1 fully saturated rings. The molecule has 1 heterocycles. The minimum Gasteiger partial charge on any atom is -0.481 e. The molecule has 0 bridgehead atoms. The quantitative estimate of drug-likeness (QED) is 0.729. The molecule has 0 amide bonds. The number of hydrogen-bond acceptors (Lipinski definition) is 2. The van der Waals surface area contributed by atoms with Crippen LogP contribution in [0.4, 0.5) is 0 Å². The third-order valence-electron chi connectivity index (χ3n) is 3.04. The molecule has 0 aromatic carbocycles. The van der Waals surface area contributed by atoms with E-state index in [1.54, 1.807) is 0 Å². The van der Waals surface area contributed by atoms with E-state index in [1.807, 2.05) is 0 Å². The molecule has 1 rings (SSSR count). The maximum absolute atomic E-state index is 10.7. The zero-order valence-corrected chi connectivity index (χ0v) is 9.12. The smallest absolute Gasteiger partial charge is 0.303 e. The Hall–Kier alpha value is -0.570. The fourth-order valence-corrected chi connectivity index (χ4v) is 2.38. The van der Waals surface area contributed by atoms with E-state index < -0.39 is 5.97 Å². The Kier molecular flexibility index (Phi) is 4.39. The summed E-state index contributed by atoms with van der Waals surface area (Å²) in [6, 6.07) is 0.383. The van der Waals surface area contributed by atoms with Crippen molar-refractivity contribution in [2.24, 2.45) is 11.8 Å². The molecule has 3 heteroatoms. The van der Waals surface area contributed by atoms with Crippen LogP contribution in [0.5, 0.6) is 0 Å². The second-order valence-corrected chi connectivity index (χ2v) is 4.58. The second kappa shape index (κ2) is 5.35. The monoisotopic (exact) mass is 199 g/mol. The summed E-state index contributed by atoms with van der Waals surface area (Å²) < 4.78 is 0. The minimum atomic E-state index is -0.663. The van der Waals surface area contributed by atoms with Crippen molar-refractivity contribution in [3.05, 3.63) is 0 Å². The van der Waals surface area contributed by atoms with Crippen LogP contribution in [0.2, 0.25) is 0 Å². The van der Waals surface area contributed by atoms with Gasteiger partial charge in [0, 0.05) is 12.5 Å². The molecular formula is C11H21NO2. The molecular weight excluding hydrogens is 178 g/mol. The normalized spacial score (nSPS) is 28.8. The Morgan fingerprint density at radius 1 is 1.50 bits per heavy atom. The Morgan fingerprint density at radius 2 is 2.21 bits per heavy atom. The van der Waals surface area contributed by atoms with Crippen LogP contribution in [0.1, 0.15) is 39.5 Å². The third-order valence-corrected chi connectivity index (χ3v) is 3.04. The molecule has 3 nitrogen and oxygen atoms in total. The van der Waals surface area contributed by atoms with Gasteiger partial charge in [0.15, 0.2) is 0 Å². The van der Waals surface area contributed by atoms with Gasteiger partial charge < -0.3 is 10.4 Å². The summed E-state index contributed by atoms with van der Waals surface area (Å²) in [4.78, 5) is 10.7. The van der Waals surface area contributed by atoms with Crippen LogP contribution in [-0.4, -0.2) is 23.7 Å². The van der Waals surface area contributed by atoms with Gasteiger partial charge in [-0.3, -0.25) is 4.79 Å². The largest absolute Gasteiger partial charge is 0.481 e. The first-order valence-corrected chi connectivity index (χ1v) is 5.56. The van der Waals surface area contributed by atoms with E-state index in [0.29, 0.717) is 24.3 Å². The Morgan fingerprint density at radius 3 is 2.79 bits per heavy atom. The summed E-state index contributed by atoms with van der Waals surface area (Å²) in [5, 5.41) is 12.3. The maximum atomic E-state index is 10.7. The predicted molar refractivity (Wildman–Crippen MR) is 56.2 cm³/mol. The topological polar surface area (TPSA) is 49.3 Å². The lowest BCUT2D eigenvalue weighted by molar-refractivity contribution is -0.138. The minimum absolute atomic E-state index is 0.315. The fourth-order valence-electron chi connectivity index (χ4n) is 2.38. The van der Waals surface area contributed by atoms with Gasteiger partial charge in [-0.1, -0.05) is 20.3 Å². The summed E-state index contributed by atoms with van der Waals surface area (Å²) in [6.45, 7) is 5.37. The summed E-state index contributed by atoms with van der Waals surface area (Å²) in [5.74, 6) is 0.178. The Balaban J connectivity index is 2.58. The zero-order chi connectivity index (χ0) is 10.6. The van der Waals surface area contributed by atoms with Crippen molar-refractivity contribution in [3.8, 4) is 0 Å². The third kappa shape index (κ3) is 3.29. The first-order valence-electron chi connectivity index (χ1n) is 5.56. The van der Waals surface area contributed by atoms with Crippen molar-refractivity contribution in [1.82, 2.24) is 5.32 Å². The standard InChI is InChI=1S/C11H21NO2/c1-8(2)11-9(7-10(13)14)5-3-4-6-12-11/h8-9,11-12H,3-7H2,1-2H3,(H,13,14). The molecule has 1 aliphatic rings. The highest BCUT2D eigenvalue weighted by Gasteiger charge is 2.27. The SMILES string of the molecule is CC(C)C1NCCCCC1CC(=O)O. The number of carboxylic acid groups (broad SMARTS) is 1. The number of aliphatic carboxylic acids is 1. The highest BCUT2D eigenvalue weighted by atomic mass is 16.4. The van der Waals surface area contributed by atoms with E-state index in [0.717, 1.165) is 19.4 Å². The molecule has 1 aliphatic heterocycles. The van der Waals surface area contributed by atoms with Crippen LogP contribution in [0, 0.1) is 11.8 Å². The molecule has 0 aromatic rings. The van der Waals surface area contributed by atoms with Crippen LogP contribution >= 0.6 is 0 Å². The first-order chi connectivity index (χ1) is 6.61. The average molecular weight is 199 g/mol. The Labute approximate surface area is 85.9 Å². The molecule has 2 unspecified atom stereocenters. The lowest BCUT2D eigenvalue weighted by Gasteiger charge is -2.28. The molecule has 82 valence electrons. The van der Waals surface area contributed by atoms with Crippen molar-refractivity contribution >= 4 is 5.97 Å². The number of hydrogen-bond donors (Lipinski definition) is 2. The van der Waals surface area contributed by atoms with Gasteiger partial charge in [0.05, 0.1) is 0 Å². The summed E-state index contributed by atoms with van der Waals surface area (Å²) in [5.41, 5.74) is 0. The molecule has 1 saturated heterocycles. The lowest BCUT2D eigenvalue weighted by atomic mass is 9.85. The van der Waals surface area contributed by atoms with Gasteiger partial charge in [0.1, 0.15) is 0 Å². The van der Waals surface area contributed by atoms with Gasteiger partial charge in [-0.05, 0) is 31.2 Å². The predicted octanol–water partition coefficient (Wildman–Crippen LogP) is 1.88. The molecule has 2 N–H and O–H groups in total. The van der Waals surface area contributed by atoms with Crippen LogP contribution < -0.4 is 5.32 Å². The van der Waals surface area contributed by atoms with E-state index >= 15 is 0 Å². The van der Waals surface area contributed by atoms with Crippen LogP contribution in [0.25, 0.3) is 0 Å². The van der Waals surface area contributed by atoms with E-state index in [4.69, 9.17) is 5.11 Å². The number of rotatable bonds is 3. The summed E-state index contributed by atoms with van der Waals surface area (Å²) in [6.07, 6.45) is 3.71. The van der Waals surface area contributed by atoms with Gasteiger partial charge in [0.2, 0.25) is 0 Å². The van der Waals surface area contributed by atoms with Gasteiger partial charge in [0.25, 0.3) is 0 Å². The molecule has 2 atom stereocenters. The number of carboxylic acids is 1. The maximum Gasteiger partial charge on any atom is 0.303 e. The summed E-state index contributed by atoms with van der Waals surface area (Å²) >= 11 is 0. The van der Waals surface area contributed by atoms with Gasteiger partial charge in [-0.15, -0.1) is 0 Å². The van der Waals surface area contributed by atoms with Crippen LogP contribution in [0.15, 0.2) is 0 Å². The Bertz CT molecular complexity index is 192. The molecule has 0 saturated carbocycles. The van der Waals surface area contributed by atoms with Crippen LogP contribution in [0.3, 0.4) is 0 Å².